The largest absolute Gasteiger partial charge is 0.236 e. The number of hydrogen-bond donors (Lipinski definition) is 0. The summed E-state index contributed by atoms with van der Waals surface area (Å²) in [5.41, 5.74) is 1.33. The van der Waals surface area contributed by atoms with E-state index in [4.69, 9.17) is 5.26 Å². The first-order chi connectivity index (χ1) is 8.29. The van der Waals surface area contributed by atoms with Crippen molar-refractivity contribution in [3.63, 3.8) is 0 Å². The van der Waals surface area contributed by atoms with Gasteiger partial charge >= 0.3 is 0 Å². The summed E-state index contributed by atoms with van der Waals surface area (Å²) in [7, 11) is 0. The molecule has 1 heterocycles. The molecular formula is C14H7BrN2. The summed E-state index contributed by atoms with van der Waals surface area (Å²) in [4.78, 5) is 4.38. The molecule has 0 N–H and O–H groups in total. The SMILES string of the molecule is N#Cc1ccc2cc(Br)c3ccccc3c2n1. The average molecular weight is 283 g/mol. The fraction of sp³-hybridized carbons (Fsp3) is 0. The van der Waals surface area contributed by atoms with E-state index in [2.05, 4.69) is 27.0 Å². The minimum atomic E-state index is 0.449. The van der Waals surface area contributed by atoms with Crippen LogP contribution in [0.1, 0.15) is 5.69 Å². The van der Waals surface area contributed by atoms with Crippen molar-refractivity contribution in [1.82, 2.24) is 4.98 Å². The van der Waals surface area contributed by atoms with Gasteiger partial charge in [0.15, 0.2) is 0 Å². The number of halogens is 1. The first-order valence-corrected chi connectivity index (χ1v) is 5.97. The Morgan fingerprint density at radius 2 is 1.82 bits per heavy atom. The minimum absolute atomic E-state index is 0.449. The lowest BCUT2D eigenvalue weighted by Gasteiger charge is -2.05. The van der Waals surface area contributed by atoms with Crippen LogP contribution in [0.4, 0.5) is 0 Å². The van der Waals surface area contributed by atoms with Crippen molar-refractivity contribution in [3.8, 4) is 6.07 Å². The van der Waals surface area contributed by atoms with Crippen LogP contribution >= 0.6 is 15.9 Å². The number of nitrogens with zero attached hydrogens (tertiary/aromatic N) is 2. The van der Waals surface area contributed by atoms with Gasteiger partial charge in [0.1, 0.15) is 11.8 Å². The Hall–Kier alpha value is -1.92. The maximum atomic E-state index is 8.90. The highest BCUT2D eigenvalue weighted by Crippen LogP contribution is 2.30. The molecule has 0 spiro atoms. The molecular weight excluding hydrogens is 276 g/mol. The van der Waals surface area contributed by atoms with E-state index in [9.17, 15) is 0 Å². The van der Waals surface area contributed by atoms with Crippen molar-refractivity contribution in [2.75, 3.05) is 0 Å². The zero-order valence-corrected chi connectivity index (χ0v) is 10.4. The molecule has 80 valence electrons. The fourth-order valence-corrected chi connectivity index (χ4v) is 2.57. The smallest absolute Gasteiger partial charge is 0.141 e. The second-order valence-corrected chi connectivity index (χ2v) is 4.64. The molecule has 3 rings (SSSR count). The van der Waals surface area contributed by atoms with Crippen molar-refractivity contribution in [2.24, 2.45) is 0 Å². The zero-order chi connectivity index (χ0) is 11.8. The molecule has 0 atom stereocenters. The second-order valence-electron chi connectivity index (χ2n) is 3.78. The molecule has 0 saturated heterocycles. The maximum absolute atomic E-state index is 8.90. The number of pyridine rings is 1. The van der Waals surface area contributed by atoms with Gasteiger partial charge in [-0.15, -0.1) is 0 Å². The molecule has 0 radical (unpaired) electrons. The number of hydrogen-bond acceptors (Lipinski definition) is 2. The second kappa shape index (κ2) is 3.83. The predicted molar refractivity (Wildman–Crippen MR) is 71.7 cm³/mol. The van der Waals surface area contributed by atoms with Crippen LogP contribution in [0.3, 0.4) is 0 Å². The molecule has 0 saturated carbocycles. The first-order valence-electron chi connectivity index (χ1n) is 5.18. The summed E-state index contributed by atoms with van der Waals surface area (Å²) in [6.07, 6.45) is 0. The van der Waals surface area contributed by atoms with Gasteiger partial charge in [0.25, 0.3) is 0 Å². The summed E-state index contributed by atoms with van der Waals surface area (Å²) in [6, 6.07) is 15.8. The van der Waals surface area contributed by atoms with Gasteiger partial charge in [0, 0.05) is 15.2 Å². The Bertz CT molecular complexity index is 772. The van der Waals surface area contributed by atoms with Crippen LogP contribution in [0, 0.1) is 11.3 Å². The van der Waals surface area contributed by atoms with Gasteiger partial charge in [0.05, 0.1) is 5.52 Å². The van der Waals surface area contributed by atoms with Gasteiger partial charge in [-0.25, -0.2) is 4.98 Å². The van der Waals surface area contributed by atoms with E-state index in [0.29, 0.717) is 5.69 Å². The lowest BCUT2D eigenvalue weighted by atomic mass is 10.1. The van der Waals surface area contributed by atoms with Gasteiger partial charge in [-0.05, 0) is 23.6 Å². The van der Waals surface area contributed by atoms with Gasteiger partial charge in [-0.1, -0.05) is 40.2 Å². The van der Waals surface area contributed by atoms with Crippen LogP contribution in [0.25, 0.3) is 21.7 Å². The van der Waals surface area contributed by atoms with Crippen molar-refractivity contribution in [1.29, 1.82) is 5.26 Å². The number of nitriles is 1. The van der Waals surface area contributed by atoms with E-state index in [1.165, 1.54) is 0 Å². The molecule has 1 aromatic heterocycles. The van der Waals surface area contributed by atoms with Gasteiger partial charge in [0.2, 0.25) is 0 Å². The van der Waals surface area contributed by atoms with Crippen LogP contribution in [-0.4, -0.2) is 4.98 Å². The zero-order valence-electron chi connectivity index (χ0n) is 8.81. The highest BCUT2D eigenvalue weighted by molar-refractivity contribution is 9.10. The molecule has 0 aliphatic carbocycles. The number of aromatic nitrogens is 1. The standard InChI is InChI=1S/C14H7BrN2/c15-13-7-9-5-6-10(8-16)17-14(9)12-4-2-1-3-11(12)13/h1-7H. The predicted octanol–water partition coefficient (Wildman–Crippen LogP) is 4.02. The van der Waals surface area contributed by atoms with E-state index in [0.717, 1.165) is 26.1 Å². The lowest BCUT2D eigenvalue weighted by Crippen LogP contribution is -1.86. The van der Waals surface area contributed by atoms with Crippen molar-refractivity contribution in [2.45, 2.75) is 0 Å². The lowest BCUT2D eigenvalue weighted by molar-refractivity contribution is 1.33. The molecule has 3 aromatic rings. The van der Waals surface area contributed by atoms with Crippen LogP contribution in [0.15, 0.2) is 46.9 Å². The number of fused-ring (bicyclic) bond motifs is 3. The van der Waals surface area contributed by atoms with Crippen molar-refractivity contribution in [3.05, 3.63) is 52.6 Å². The Morgan fingerprint density at radius 3 is 2.59 bits per heavy atom. The Balaban J connectivity index is 2.57. The molecule has 3 heteroatoms. The minimum Gasteiger partial charge on any atom is -0.236 e. The van der Waals surface area contributed by atoms with Crippen molar-refractivity contribution < 1.29 is 0 Å². The van der Waals surface area contributed by atoms with Crippen LogP contribution in [-0.2, 0) is 0 Å². The molecule has 0 amide bonds. The Kier molecular flexibility index (Phi) is 2.31. The Morgan fingerprint density at radius 1 is 1.06 bits per heavy atom. The van der Waals surface area contributed by atoms with Gasteiger partial charge < -0.3 is 0 Å². The van der Waals surface area contributed by atoms with E-state index in [1.807, 2.05) is 36.4 Å². The third kappa shape index (κ3) is 1.58. The quantitative estimate of drug-likeness (QED) is 0.584. The topological polar surface area (TPSA) is 36.7 Å². The third-order valence-corrected chi connectivity index (χ3v) is 3.42. The molecule has 0 aliphatic heterocycles. The average Bonchev–Trinajstić information content (AvgIpc) is 2.39. The molecule has 2 nitrogen and oxygen atoms in total. The van der Waals surface area contributed by atoms with Crippen molar-refractivity contribution >= 4 is 37.6 Å². The van der Waals surface area contributed by atoms with Crippen LogP contribution < -0.4 is 0 Å². The van der Waals surface area contributed by atoms with E-state index >= 15 is 0 Å². The summed E-state index contributed by atoms with van der Waals surface area (Å²) < 4.78 is 1.05. The van der Waals surface area contributed by atoms with E-state index in [-0.39, 0.29) is 0 Å². The summed E-state index contributed by atoms with van der Waals surface area (Å²) in [6.45, 7) is 0. The van der Waals surface area contributed by atoms with Crippen LogP contribution in [0.2, 0.25) is 0 Å². The summed E-state index contributed by atoms with van der Waals surface area (Å²) in [5.74, 6) is 0. The fourth-order valence-electron chi connectivity index (χ4n) is 1.98. The third-order valence-electron chi connectivity index (χ3n) is 2.76. The first kappa shape index (κ1) is 10.2. The monoisotopic (exact) mass is 282 g/mol. The summed E-state index contributed by atoms with van der Waals surface area (Å²) >= 11 is 3.56. The molecule has 2 aromatic carbocycles. The molecule has 0 unspecified atom stereocenters. The van der Waals surface area contributed by atoms with E-state index in [1.54, 1.807) is 6.07 Å². The highest BCUT2D eigenvalue weighted by atomic mass is 79.9. The highest BCUT2D eigenvalue weighted by Gasteiger charge is 2.06. The number of rotatable bonds is 0. The van der Waals surface area contributed by atoms with Crippen LogP contribution in [0.5, 0.6) is 0 Å². The van der Waals surface area contributed by atoms with E-state index < -0.39 is 0 Å². The summed E-state index contributed by atoms with van der Waals surface area (Å²) in [5, 5.41) is 12.1. The molecule has 17 heavy (non-hydrogen) atoms. The molecule has 0 fully saturated rings. The maximum Gasteiger partial charge on any atom is 0.141 e. The number of benzene rings is 2. The normalized spacial score (nSPS) is 10.6. The van der Waals surface area contributed by atoms with Gasteiger partial charge in [-0.3, -0.25) is 0 Å². The molecule has 0 bridgehead atoms. The Labute approximate surface area is 107 Å². The molecule has 0 aliphatic rings. The van der Waals surface area contributed by atoms with Gasteiger partial charge in [-0.2, -0.15) is 5.26 Å².